The van der Waals surface area contributed by atoms with E-state index < -0.39 is 23.2 Å². The SMILES string of the molecule is COC(=O)[C@H](C)N1C(=O)S/C(=C/c2cc(Br)c(OCc3ccc(I)cc3)c(OC)c2)C1=O. The molecule has 10 heteroatoms. The monoisotopic (exact) mass is 631 g/mol. The van der Waals surface area contributed by atoms with Crippen LogP contribution < -0.4 is 9.47 Å². The predicted octanol–water partition coefficient (Wildman–Crippen LogP) is 5.24. The van der Waals surface area contributed by atoms with Crippen LogP contribution in [0.3, 0.4) is 0 Å². The quantitative estimate of drug-likeness (QED) is 0.235. The summed E-state index contributed by atoms with van der Waals surface area (Å²) in [6.07, 6.45) is 1.57. The highest BCUT2D eigenvalue weighted by Crippen LogP contribution is 2.39. The van der Waals surface area contributed by atoms with Crippen LogP contribution in [-0.4, -0.2) is 42.3 Å². The highest BCUT2D eigenvalue weighted by Gasteiger charge is 2.41. The van der Waals surface area contributed by atoms with E-state index in [0.29, 0.717) is 28.1 Å². The molecule has 0 radical (unpaired) electrons. The van der Waals surface area contributed by atoms with E-state index in [2.05, 4.69) is 43.3 Å². The molecule has 1 atom stereocenters. The topological polar surface area (TPSA) is 82.1 Å². The van der Waals surface area contributed by atoms with Gasteiger partial charge in [-0.15, -0.1) is 0 Å². The van der Waals surface area contributed by atoms with Gasteiger partial charge in [0.1, 0.15) is 12.6 Å². The van der Waals surface area contributed by atoms with Gasteiger partial charge >= 0.3 is 5.97 Å². The zero-order valence-corrected chi connectivity index (χ0v) is 21.9. The molecule has 2 amide bonds. The molecule has 2 aromatic rings. The summed E-state index contributed by atoms with van der Waals surface area (Å²) in [5.41, 5.74) is 1.64. The summed E-state index contributed by atoms with van der Waals surface area (Å²) < 4.78 is 17.8. The van der Waals surface area contributed by atoms with Gasteiger partial charge in [0.05, 0.1) is 23.6 Å². The van der Waals surface area contributed by atoms with E-state index in [1.54, 1.807) is 18.2 Å². The van der Waals surface area contributed by atoms with Gasteiger partial charge in [-0.1, -0.05) is 12.1 Å². The zero-order chi connectivity index (χ0) is 23.4. The van der Waals surface area contributed by atoms with Crippen LogP contribution in [0.2, 0.25) is 0 Å². The number of hydrogen-bond donors (Lipinski definition) is 0. The third-order valence-corrected chi connectivity index (χ3v) is 6.79. The number of thioether (sulfide) groups is 1. The fourth-order valence-electron chi connectivity index (χ4n) is 2.94. The molecule has 0 N–H and O–H groups in total. The van der Waals surface area contributed by atoms with Crippen molar-refractivity contribution in [1.82, 2.24) is 4.90 Å². The minimum absolute atomic E-state index is 0.201. The Bertz CT molecular complexity index is 1090. The van der Waals surface area contributed by atoms with Crippen LogP contribution in [0, 0.1) is 3.57 Å². The van der Waals surface area contributed by atoms with Crippen molar-refractivity contribution in [2.45, 2.75) is 19.6 Å². The van der Waals surface area contributed by atoms with Crippen molar-refractivity contribution in [2.24, 2.45) is 0 Å². The number of halogens is 2. The van der Waals surface area contributed by atoms with Crippen LogP contribution >= 0.6 is 50.3 Å². The van der Waals surface area contributed by atoms with Crippen molar-refractivity contribution in [2.75, 3.05) is 14.2 Å². The molecule has 0 bridgehead atoms. The number of carbonyl (C=O) groups excluding carboxylic acids is 3. The number of amides is 2. The molecular formula is C22H19BrINO6S. The smallest absolute Gasteiger partial charge is 0.328 e. The molecule has 1 aliphatic heterocycles. The Hall–Kier alpha value is -2.05. The molecule has 0 spiro atoms. The zero-order valence-electron chi connectivity index (χ0n) is 17.4. The lowest BCUT2D eigenvalue weighted by molar-refractivity contribution is -0.148. The van der Waals surface area contributed by atoms with E-state index >= 15 is 0 Å². The highest BCUT2D eigenvalue weighted by atomic mass is 127. The van der Waals surface area contributed by atoms with E-state index in [1.807, 2.05) is 24.3 Å². The molecular weight excluding hydrogens is 613 g/mol. The molecule has 1 saturated heterocycles. The number of hydrogen-bond acceptors (Lipinski definition) is 7. The van der Waals surface area contributed by atoms with E-state index in [1.165, 1.54) is 21.1 Å². The van der Waals surface area contributed by atoms with Gasteiger partial charge in [0, 0.05) is 3.57 Å². The minimum Gasteiger partial charge on any atom is -0.493 e. The fourth-order valence-corrected chi connectivity index (χ4v) is 4.78. The highest BCUT2D eigenvalue weighted by molar-refractivity contribution is 14.1. The van der Waals surface area contributed by atoms with Crippen molar-refractivity contribution >= 4 is 73.5 Å². The van der Waals surface area contributed by atoms with Crippen LogP contribution in [0.15, 0.2) is 45.8 Å². The van der Waals surface area contributed by atoms with Crippen molar-refractivity contribution in [3.05, 3.63) is 60.5 Å². The Morgan fingerprint density at radius 3 is 2.53 bits per heavy atom. The largest absolute Gasteiger partial charge is 0.493 e. The normalized spacial score (nSPS) is 15.8. The van der Waals surface area contributed by atoms with Crippen LogP contribution in [0.1, 0.15) is 18.1 Å². The van der Waals surface area contributed by atoms with Gasteiger partial charge in [0.15, 0.2) is 11.5 Å². The number of esters is 1. The number of imide groups is 1. The van der Waals surface area contributed by atoms with Gasteiger partial charge in [0.25, 0.3) is 11.1 Å². The predicted molar refractivity (Wildman–Crippen MR) is 133 cm³/mol. The van der Waals surface area contributed by atoms with Crippen molar-refractivity contribution in [3.63, 3.8) is 0 Å². The molecule has 1 aliphatic rings. The minimum atomic E-state index is -1.00. The van der Waals surface area contributed by atoms with Crippen LogP contribution in [-0.2, 0) is 20.9 Å². The van der Waals surface area contributed by atoms with Crippen LogP contribution in [0.25, 0.3) is 6.08 Å². The number of rotatable bonds is 7. The second-order valence-corrected chi connectivity index (χ2v) is 9.79. The first-order valence-electron chi connectivity index (χ1n) is 9.34. The molecule has 0 saturated carbocycles. The number of carbonyl (C=O) groups is 3. The first-order chi connectivity index (χ1) is 15.2. The summed E-state index contributed by atoms with van der Waals surface area (Å²) in [7, 11) is 2.73. The maximum atomic E-state index is 12.7. The Morgan fingerprint density at radius 2 is 1.91 bits per heavy atom. The third kappa shape index (κ3) is 5.46. The van der Waals surface area contributed by atoms with E-state index in [9.17, 15) is 14.4 Å². The number of nitrogens with zero attached hydrogens (tertiary/aromatic N) is 1. The Kier molecular flexibility index (Phi) is 8.23. The summed E-state index contributed by atoms with van der Waals surface area (Å²) in [6.45, 7) is 1.81. The molecule has 1 fully saturated rings. The number of ether oxygens (including phenoxy) is 3. The molecule has 168 valence electrons. The van der Waals surface area contributed by atoms with Crippen molar-refractivity contribution in [3.8, 4) is 11.5 Å². The maximum absolute atomic E-state index is 12.7. The lowest BCUT2D eigenvalue weighted by atomic mass is 10.1. The Morgan fingerprint density at radius 1 is 1.22 bits per heavy atom. The summed E-state index contributed by atoms with van der Waals surface area (Å²) in [4.78, 5) is 37.9. The summed E-state index contributed by atoms with van der Waals surface area (Å²) in [5, 5.41) is -0.525. The van der Waals surface area contributed by atoms with Gasteiger partial charge in [-0.05, 0) is 98.7 Å². The summed E-state index contributed by atoms with van der Waals surface area (Å²) in [5.74, 6) is -0.214. The molecule has 32 heavy (non-hydrogen) atoms. The lowest BCUT2D eigenvalue weighted by Gasteiger charge is -2.18. The van der Waals surface area contributed by atoms with Crippen molar-refractivity contribution < 1.29 is 28.6 Å². The van der Waals surface area contributed by atoms with Crippen molar-refractivity contribution in [1.29, 1.82) is 0 Å². The average Bonchev–Trinajstić information content (AvgIpc) is 3.05. The molecule has 1 heterocycles. The first kappa shape index (κ1) is 24.6. The molecule has 0 aliphatic carbocycles. The second kappa shape index (κ2) is 10.7. The van der Waals surface area contributed by atoms with Gasteiger partial charge in [0.2, 0.25) is 0 Å². The Balaban J connectivity index is 1.83. The third-order valence-electron chi connectivity index (χ3n) is 4.60. The van der Waals surface area contributed by atoms with Gasteiger partial charge in [-0.3, -0.25) is 14.5 Å². The first-order valence-corrected chi connectivity index (χ1v) is 12.0. The fraction of sp³-hybridized carbons (Fsp3) is 0.227. The molecule has 3 rings (SSSR count). The van der Waals surface area contributed by atoms with Gasteiger partial charge in [-0.2, -0.15) is 0 Å². The summed E-state index contributed by atoms with van der Waals surface area (Å²) in [6, 6.07) is 10.5. The molecule has 0 aromatic heterocycles. The van der Waals surface area contributed by atoms with E-state index in [-0.39, 0.29) is 4.91 Å². The summed E-state index contributed by atoms with van der Waals surface area (Å²) >= 11 is 6.51. The van der Waals surface area contributed by atoms with E-state index in [0.717, 1.165) is 25.8 Å². The second-order valence-electron chi connectivity index (χ2n) is 6.70. The maximum Gasteiger partial charge on any atom is 0.328 e. The molecule has 7 nitrogen and oxygen atoms in total. The lowest BCUT2D eigenvalue weighted by Crippen LogP contribution is -2.42. The van der Waals surface area contributed by atoms with E-state index in [4.69, 9.17) is 9.47 Å². The van der Waals surface area contributed by atoms with Crippen LogP contribution in [0.4, 0.5) is 4.79 Å². The molecule has 0 unspecified atom stereocenters. The van der Waals surface area contributed by atoms with Crippen LogP contribution in [0.5, 0.6) is 11.5 Å². The van der Waals surface area contributed by atoms with Gasteiger partial charge < -0.3 is 14.2 Å². The average molecular weight is 632 g/mol. The number of methoxy groups -OCH3 is 2. The number of benzene rings is 2. The Labute approximate surface area is 211 Å². The molecule has 2 aromatic carbocycles. The standard InChI is InChI=1S/C22H19BrINO6S/c1-12(21(27)30-3)25-20(26)18(32-22(25)28)10-14-8-16(23)19(17(9-14)29-2)31-11-13-4-6-15(24)7-5-13/h4-10,12H,11H2,1-3H3/b18-10+/t12-/m0/s1. The van der Waals surface area contributed by atoms with Gasteiger partial charge in [-0.25, -0.2) is 4.79 Å².